The standard InChI is InChI=1S/C10H11BrN2OS2/c1-13-8(4-14)3-12-10(13)16-6-7-2-9(11)15-5-7/h2-3,5,14H,4,6H2,1H3. The van der Waals surface area contributed by atoms with Crippen molar-refractivity contribution in [2.75, 3.05) is 0 Å². The van der Waals surface area contributed by atoms with E-state index in [9.17, 15) is 0 Å². The van der Waals surface area contributed by atoms with Gasteiger partial charge in [0.1, 0.15) is 0 Å². The molecule has 0 fully saturated rings. The Morgan fingerprint density at radius 1 is 1.62 bits per heavy atom. The molecule has 2 aromatic rings. The minimum atomic E-state index is 0.0358. The van der Waals surface area contributed by atoms with Crippen LogP contribution in [-0.2, 0) is 19.4 Å². The van der Waals surface area contributed by atoms with E-state index in [0.717, 1.165) is 20.4 Å². The van der Waals surface area contributed by atoms with Gasteiger partial charge in [-0.2, -0.15) is 0 Å². The van der Waals surface area contributed by atoms with Gasteiger partial charge in [-0.1, -0.05) is 11.8 Å². The van der Waals surface area contributed by atoms with E-state index < -0.39 is 0 Å². The second-order valence-electron chi connectivity index (χ2n) is 3.30. The molecule has 0 radical (unpaired) electrons. The van der Waals surface area contributed by atoms with Crippen LogP contribution in [-0.4, -0.2) is 14.7 Å². The summed E-state index contributed by atoms with van der Waals surface area (Å²) >= 11 is 6.81. The van der Waals surface area contributed by atoms with Crippen LogP contribution in [0.5, 0.6) is 0 Å². The zero-order valence-corrected chi connectivity index (χ0v) is 11.9. The van der Waals surface area contributed by atoms with Crippen LogP contribution >= 0.6 is 39.0 Å². The molecule has 1 N–H and O–H groups in total. The van der Waals surface area contributed by atoms with Crippen LogP contribution in [0.4, 0.5) is 0 Å². The first-order valence-electron chi connectivity index (χ1n) is 4.68. The molecule has 0 amide bonds. The lowest BCUT2D eigenvalue weighted by Gasteiger charge is -2.02. The molecule has 6 heteroatoms. The smallest absolute Gasteiger partial charge is 0.168 e. The largest absolute Gasteiger partial charge is 0.390 e. The van der Waals surface area contributed by atoms with Crippen molar-refractivity contribution in [3.63, 3.8) is 0 Å². The Balaban J connectivity index is 2.02. The van der Waals surface area contributed by atoms with Crippen LogP contribution in [0.25, 0.3) is 0 Å². The van der Waals surface area contributed by atoms with Crippen LogP contribution in [0, 0.1) is 0 Å². The number of hydrogen-bond acceptors (Lipinski definition) is 4. The average molecular weight is 319 g/mol. The topological polar surface area (TPSA) is 38.0 Å². The molecule has 0 aliphatic carbocycles. The SMILES string of the molecule is Cn1c(CO)cnc1SCc1csc(Br)c1. The van der Waals surface area contributed by atoms with Crippen molar-refractivity contribution in [3.05, 3.63) is 32.7 Å². The van der Waals surface area contributed by atoms with Gasteiger partial charge in [-0.25, -0.2) is 4.98 Å². The quantitative estimate of drug-likeness (QED) is 0.880. The molecule has 3 nitrogen and oxygen atoms in total. The first-order valence-corrected chi connectivity index (χ1v) is 7.33. The van der Waals surface area contributed by atoms with E-state index in [4.69, 9.17) is 5.11 Å². The van der Waals surface area contributed by atoms with Gasteiger partial charge in [0.05, 0.1) is 22.3 Å². The van der Waals surface area contributed by atoms with Gasteiger partial charge in [-0.05, 0) is 32.9 Å². The number of rotatable bonds is 4. The highest BCUT2D eigenvalue weighted by atomic mass is 79.9. The zero-order chi connectivity index (χ0) is 11.5. The lowest BCUT2D eigenvalue weighted by Crippen LogP contribution is -1.97. The lowest BCUT2D eigenvalue weighted by molar-refractivity contribution is 0.271. The molecule has 0 aliphatic heterocycles. The van der Waals surface area contributed by atoms with Crippen LogP contribution in [0.1, 0.15) is 11.3 Å². The third kappa shape index (κ3) is 2.68. The molecule has 0 unspecified atom stereocenters. The number of thioether (sulfide) groups is 1. The highest BCUT2D eigenvalue weighted by Gasteiger charge is 2.06. The van der Waals surface area contributed by atoms with Crippen molar-refractivity contribution in [2.45, 2.75) is 17.5 Å². The van der Waals surface area contributed by atoms with Gasteiger partial charge >= 0.3 is 0 Å². The second kappa shape index (κ2) is 5.35. The first kappa shape index (κ1) is 12.2. The Morgan fingerprint density at radius 3 is 3.00 bits per heavy atom. The van der Waals surface area contributed by atoms with Crippen molar-refractivity contribution in [1.29, 1.82) is 0 Å². The molecule has 16 heavy (non-hydrogen) atoms. The summed E-state index contributed by atoms with van der Waals surface area (Å²) in [7, 11) is 1.92. The van der Waals surface area contributed by atoms with Crippen molar-refractivity contribution >= 4 is 39.0 Å². The molecule has 0 aliphatic rings. The van der Waals surface area contributed by atoms with E-state index in [1.54, 1.807) is 29.3 Å². The number of nitrogens with zero attached hydrogens (tertiary/aromatic N) is 2. The Kier molecular flexibility index (Phi) is 4.07. The van der Waals surface area contributed by atoms with Gasteiger partial charge in [-0.3, -0.25) is 0 Å². The number of halogens is 1. The normalized spacial score (nSPS) is 10.9. The fraction of sp³-hybridized carbons (Fsp3) is 0.300. The Morgan fingerprint density at radius 2 is 2.44 bits per heavy atom. The molecule has 0 atom stereocenters. The van der Waals surface area contributed by atoms with E-state index in [-0.39, 0.29) is 6.61 Å². The van der Waals surface area contributed by atoms with Crippen molar-refractivity contribution < 1.29 is 5.11 Å². The Hall–Kier alpha value is -0.300. The van der Waals surface area contributed by atoms with E-state index >= 15 is 0 Å². The zero-order valence-electron chi connectivity index (χ0n) is 8.68. The third-order valence-corrected chi connectivity index (χ3v) is 4.86. The molecule has 0 aromatic carbocycles. The Bertz CT molecular complexity index is 481. The number of aliphatic hydroxyl groups excluding tert-OH is 1. The summed E-state index contributed by atoms with van der Waals surface area (Å²) in [5.74, 6) is 0.901. The number of hydrogen-bond donors (Lipinski definition) is 1. The molecule has 2 heterocycles. The predicted octanol–water partition coefficient (Wildman–Crippen LogP) is 3.03. The predicted molar refractivity (Wildman–Crippen MR) is 70.7 cm³/mol. The number of imidazole rings is 1. The van der Waals surface area contributed by atoms with E-state index in [1.807, 2.05) is 11.6 Å². The summed E-state index contributed by atoms with van der Waals surface area (Å²) in [5.41, 5.74) is 2.13. The number of aliphatic hydroxyl groups is 1. The molecular formula is C10H11BrN2OS2. The molecule has 86 valence electrons. The van der Waals surface area contributed by atoms with Gasteiger partial charge < -0.3 is 9.67 Å². The summed E-state index contributed by atoms with van der Waals surface area (Å²) in [6.07, 6.45) is 1.71. The molecule has 0 spiro atoms. The van der Waals surface area contributed by atoms with Gasteiger partial charge in [0.2, 0.25) is 0 Å². The van der Waals surface area contributed by atoms with Gasteiger partial charge in [0.15, 0.2) is 5.16 Å². The maximum atomic E-state index is 9.05. The molecule has 2 rings (SSSR count). The fourth-order valence-electron chi connectivity index (χ4n) is 1.28. The van der Waals surface area contributed by atoms with E-state index in [1.165, 1.54) is 5.56 Å². The van der Waals surface area contributed by atoms with Gasteiger partial charge in [0, 0.05) is 12.8 Å². The average Bonchev–Trinajstić information content (AvgIpc) is 2.83. The van der Waals surface area contributed by atoms with Gasteiger partial charge in [-0.15, -0.1) is 11.3 Å². The molecule has 0 saturated carbocycles. The minimum Gasteiger partial charge on any atom is -0.390 e. The van der Waals surface area contributed by atoms with Crippen LogP contribution in [0.2, 0.25) is 0 Å². The first-order chi connectivity index (χ1) is 7.70. The van der Waals surface area contributed by atoms with Crippen LogP contribution in [0.3, 0.4) is 0 Å². The van der Waals surface area contributed by atoms with Crippen molar-refractivity contribution in [3.8, 4) is 0 Å². The maximum Gasteiger partial charge on any atom is 0.168 e. The summed E-state index contributed by atoms with van der Waals surface area (Å²) in [4.78, 5) is 4.27. The lowest BCUT2D eigenvalue weighted by atomic mass is 10.4. The Labute approximate surface area is 111 Å². The molecular weight excluding hydrogens is 308 g/mol. The molecule has 0 saturated heterocycles. The second-order valence-corrected chi connectivity index (χ2v) is 6.53. The minimum absolute atomic E-state index is 0.0358. The van der Waals surface area contributed by atoms with E-state index in [2.05, 4.69) is 32.4 Å². The molecule has 2 aromatic heterocycles. The number of aromatic nitrogens is 2. The third-order valence-electron chi connectivity index (χ3n) is 2.19. The summed E-state index contributed by atoms with van der Waals surface area (Å²) < 4.78 is 3.07. The van der Waals surface area contributed by atoms with Crippen LogP contribution < -0.4 is 0 Å². The highest BCUT2D eigenvalue weighted by Crippen LogP contribution is 2.27. The number of thiophene rings is 1. The highest BCUT2D eigenvalue weighted by molar-refractivity contribution is 9.11. The summed E-state index contributed by atoms with van der Waals surface area (Å²) in [6.45, 7) is 0.0358. The maximum absolute atomic E-state index is 9.05. The van der Waals surface area contributed by atoms with E-state index in [0.29, 0.717) is 0 Å². The van der Waals surface area contributed by atoms with Crippen molar-refractivity contribution in [1.82, 2.24) is 9.55 Å². The molecule has 0 bridgehead atoms. The fourth-order valence-corrected chi connectivity index (χ4v) is 3.49. The summed E-state index contributed by atoms with van der Waals surface area (Å²) in [5, 5.41) is 12.1. The van der Waals surface area contributed by atoms with Gasteiger partial charge in [0.25, 0.3) is 0 Å². The van der Waals surface area contributed by atoms with Crippen molar-refractivity contribution in [2.24, 2.45) is 7.05 Å². The summed E-state index contributed by atoms with van der Waals surface area (Å²) in [6, 6.07) is 2.12. The monoisotopic (exact) mass is 318 g/mol. The van der Waals surface area contributed by atoms with Crippen LogP contribution in [0.15, 0.2) is 26.6 Å².